The molecule has 2 N–H and O–H groups in total. The Kier molecular flexibility index (Phi) is 4.39. The fourth-order valence-corrected chi connectivity index (χ4v) is 8.78. The molecule has 3 aromatic rings. The van der Waals surface area contributed by atoms with E-state index in [2.05, 4.69) is 52.7 Å². The summed E-state index contributed by atoms with van der Waals surface area (Å²) in [4.78, 5) is 13.8. The Bertz CT molecular complexity index is 1360. The predicted molar refractivity (Wildman–Crippen MR) is 136 cm³/mol. The maximum absolute atomic E-state index is 9.88. The fourth-order valence-electron chi connectivity index (χ4n) is 7.44. The number of anilines is 1. The SMILES string of the molecule is CC1(c2cnc(C34CC5CC(CC3C5)C4)s2)C=CC(C(C#N)Nc2ccc3nc[nH]c3c2)=CC1. The highest BCUT2D eigenvalue weighted by atomic mass is 32.1. The van der Waals surface area contributed by atoms with Gasteiger partial charge in [-0.1, -0.05) is 25.2 Å². The van der Waals surface area contributed by atoms with Gasteiger partial charge in [-0.15, -0.1) is 11.3 Å². The van der Waals surface area contributed by atoms with Crippen LogP contribution in [0.15, 0.2) is 54.5 Å². The lowest BCUT2D eigenvalue weighted by Gasteiger charge is -2.31. The van der Waals surface area contributed by atoms with E-state index < -0.39 is 0 Å². The minimum atomic E-state index is -0.387. The molecule has 1 aromatic carbocycles. The Labute approximate surface area is 204 Å². The van der Waals surface area contributed by atoms with Gasteiger partial charge >= 0.3 is 0 Å². The first-order chi connectivity index (χ1) is 16.5. The molecule has 0 aliphatic heterocycles. The molecule has 5 aliphatic rings. The van der Waals surface area contributed by atoms with E-state index in [1.165, 1.54) is 42.0 Å². The van der Waals surface area contributed by atoms with Crippen molar-refractivity contribution in [2.24, 2.45) is 17.8 Å². The molecular formula is C28H29N5S. The third-order valence-corrected chi connectivity index (χ3v) is 10.6. The molecular weight excluding hydrogens is 438 g/mol. The van der Waals surface area contributed by atoms with Crippen molar-refractivity contribution in [2.45, 2.75) is 62.3 Å². The lowest BCUT2D eigenvalue weighted by molar-refractivity contribution is 0.266. The van der Waals surface area contributed by atoms with Crippen LogP contribution in [0.2, 0.25) is 0 Å². The molecule has 4 unspecified atom stereocenters. The van der Waals surface area contributed by atoms with Crippen molar-refractivity contribution < 1.29 is 0 Å². The molecule has 2 heterocycles. The van der Waals surface area contributed by atoms with E-state index in [4.69, 9.17) is 4.98 Å². The van der Waals surface area contributed by atoms with Crippen LogP contribution >= 0.6 is 11.3 Å². The lowest BCUT2D eigenvalue weighted by atomic mass is 9.76. The van der Waals surface area contributed by atoms with Crippen LogP contribution in [0.1, 0.15) is 55.3 Å². The molecule has 0 radical (unpaired) electrons. The molecule has 6 heteroatoms. The van der Waals surface area contributed by atoms with Crippen molar-refractivity contribution >= 4 is 28.1 Å². The minimum Gasteiger partial charge on any atom is -0.366 e. The monoisotopic (exact) mass is 467 g/mol. The first-order valence-corrected chi connectivity index (χ1v) is 13.3. The molecule has 5 nitrogen and oxygen atoms in total. The second kappa shape index (κ2) is 7.29. The quantitative estimate of drug-likeness (QED) is 0.465. The Morgan fingerprint density at radius 3 is 2.82 bits per heavy atom. The summed E-state index contributed by atoms with van der Waals surface area (Å²) in [6, 6.07) is 8.00. The third-order valence-electron chi connectivity index (χ3n) is 9.08. The lowest BCUT2D eigenvalue weighted by Crippen LogP contribution is -2.27. The molecule has 5 aliphatic carbocycles. The predicted octanol–water partition coefficient (Wildman–Crippen LogP) is 6.25. The molecule has 0 spiro atoms. The zero-order valence-electron chi connectivity index (χ0n) is 19.4. The van der Waals surface area contributed by atoms with Gasteiger partial charge in [0.25, 0.3) is 0 Å². The van der Waals surface area contributed by atoms with Crippen LogP contribution in [0.25, 0.3) is 11.0 Å². The van der Waals surface area contributed by atoms with E-state index >= 15 is 0 Å². The van der Waals surface area contributed by atoms with E-state index in [-0.39, 0.29) is 11.5 Å². The molecule has 2 aromatic heterocycles. The average Bonchev–Trinajstić information content (AvgIpc) is 3.60. The number of hydrogen-bond donors (Lipinski definition) is 2. The van der Waals surface area contributed by atoms with Gasteiger partial charge in [-0.3, -0.25) is 0 Å². The molecule has 4 saturated carbocycles. The summed E-state index contributed by atoms with van der Waals surface area (Å²) in [6.07, 6.45) is 18.5. The highest BCUT2D eigenvalue weighted by Gasteiger charge is 2.59. The fraction of sp³-hybridized carbons (Fsp3) is 0.464. The van der Waals surface area contributed by atoms with Crippen molar-refractivity contribution in [3.05, 3.63) is 64.4 Å². The minimum absolute atomic E-state index is 0.0550. The summed E-state index contributed by atoms with van der Waals surface area (Å²) in [5, 5.41) is 14.7. The highest BCUT2D eigenvalue weighted by molar-refractivity contribution is 7.12. The molecule has 8 rings (SSSR count). The Morgan fingerprint density at radius 1 is 1.21 bits per heavy atom. The molecule has 4 bridgehead atoms. The zero-order valence-corrected chi connectivity index (χ0v) is 20.2. The van der Waals surface area contributed by atoms with Crippen LogP contribution in [-0.2, 0) is 10.8 Å². The first-order valence-electron chi connectivity index (χ1n) is 12.5. The number of rotatable bonds is 5. The summed E-state index contributed by atoms with van der Waals surface area (Å²) in [5.41, 5.74) is 4.16. The van der Waals surface area contributed by atoms with E-state index in [1.807, 2.05) is 29.5 Å². The van der Waals surface area contributed by atoms with Gasteiger partial charge in [-0.25, -0.2) is 9.97 Å². The first kappa shape index (κ1) is 20.5. The van der Waals surface area contributed by atoms with E-state index in [1.54, 1.807) is 6.33 Å². The molecule has 4 fully saturated rings. The number of H-pyrrole nitrogens is 1. The largest absolute Gasteiger partial charge is 0.366 e. The number of fused-ring (bicyclic) bond motifs is 1. The Morgan fingerprint density at radius 2 is 2.06 bits per heavy atom. The van der Waals surface area contributed by atoms with Crippen LogP contribution in [-0.4, -0.2) is 21.0 Å². The standard InChI is InChI=1S/C28H29N5S/c1-27(25-15-30-26(34-25)28-12-17-8-18(13-28)10-20(28)9-17)6-4-19(5-7-27)24(14-29)33-21-2-3-22-23(11-21)32-16-31-22/h2-6,11,15-18,20,24,33H,7-10,12-13H2,1H3,(H,31,32). The highest BCUT2D eigenvalue weighted by Crippen LogP contribution is 2.66. The maximum Gasteiger partial charge on any atom is 0.139 e. The second-order valence-corrected chi connectivity index (χ2v) is 12.3. The van der Waals surface area contributed by atoms with Gasteiger partial charge in [-0.2, -0.15) is 5.26 Å². The van der Waals surface area contributed by atoms with Gasteiger partial charge in [0.05, 0.1) is 28.4 Å². The maximum atomic E-state index is 9.88. The average molecular weight is 468 g/mol. The number of allylic oxidation sites excluding steroid dienone is 2. The van der Waals surface area contributed by atoms with Crippen molar-refractivity contribution in [1.29, 1.82) is 5.26 Å². The van der Waals surface area contributed by atoms with Gasteiger partial charge in [0.2, 0.25) is 0 Å². The van der Waals surface area contributed by atoms with Crippen molar-refractivity contribution in [3.63, 3.8) is 0 Å². The van der Waals surface area contributed by atoms with E-state index in [0.717, 1.165) is 46.5 Å². The number of nitrogens with zero attached hydrogens (tertiary/aromatic N) is 3. The number of aromatic amines is 1. The second-order valence-electron chi connectivity index (χ2n) is 11.2. The van der Waals surface area contributed by atoms with Gasteiger partial charge in [-0.05, 0) is 80.1 Å². The van der Waals surface area contributed by atoms with E-state index in [0.29, 0.717) is 5.41 Å². The van der Waals surface area contributed by atoms with Crippen molar-refractivity contribution in [3.8, 4) is 6.07 Å². The Hall–Kier alpha value is -2.91. The Balaban J connectivity index is 1.09. The number of hydrogen-bond acceptors (Lipinski definition) is 5. The summed E-state index contributed by atoms with van der Waals surface area (Å²) < 4.78 is 0. The van der Waals surface area contributed by atoms with Crippen LogP contribution in [0.5, 0.6) is 0 Å². The number of nitrogens with one attached hydrogen (secondary N) is 2. The van der Waals surface area contributed by atoms with Gasteiger partial charge < -0.3 is 10.3 Å². The number of aromatic nitrogens is 3. The summed E-state index contributed by atoms with van der Waals surface area (Å²) in [7, 11) is 0. The van der Waals surface area contributed by atoms with Crippen molar-refractivity contribution in [2.75, 3.05) is 5.32 Å². The number of thiazole rings is 1. The van der Waals surface area contributed by atoms with Crippen LogP contribution in [0.4, 0.5) is 5.69 Å². The van der Waals surface area contributed by atoms with Gasteiger partial charge in [0.15, 0.2) is 0 Å². The summed E-state index contributed by atoms with van der Waals surface area (Å²) in [5.74, 6) is 2.77. The van der Waals surface area contributed by atoms with Crippen LogP contribution in [0, 0.1) is 29.1 Å². The topological polar surface area (TPSA) is 77.4 Å². The smallest absolute Gasteiger partial charge is 0.139 e. The summed E-state index contributed by atoms with van der Waals surface area (Å²) in [6.45, 7) is 2.31. The number of nitriles is 1. The number of imidazole rings is 1. The van der Waals surface area contributed by atoms with E-state index in [9.17, 15) is 5.26 Å². The molecule has 172 valence electrons. The van der Waals surface area contributed by atoms with Crippen LogP contribution in [0.3, 0.4) is 0 Å². The third kappa shape index (κ3) is 3.03. The molecule has 0 amide bonds. The van der Waals surface area contributed by atoms with Gasteiger partial charge in [0.1, 0.15) is 6.04 Å². The van der Waals surface area contributed by atoms with Crippen LogP contribution < -0.4 is 5.32 Å². The molecule has 0 saturated heterocycles. The number of benzene rings is 1. The van der Waals surface area contributed by atoms with Crippen molar-refractivity contribution in [1.82, 2.24) is 15.0 Å². The zero-order chi connectivity index (χ0) is 22.9. The van der Waals surface area contributed by atoms with Gasteiger partial charge in [0, 0.05) is 27.6 Å². The molecule has 4 atom stereocenters. The normalized spacial score (nSPS) is 34.4. The summed E-state index contributed by atoms with van der Waals surface area (Å²) >= 11 is 1.96. The molecule has 34 heavy (non-hydrogen) atoms.